The molecule has 1 N–H and O–H groups in total. The highest BCUT2D eigenvalue weighted by Crippen LogP contribution is 2.18. The maximum absolute atomic E-state index is 8.81. The Labute approximate surface area is 96.7 Å². The summed E-state index contributed by atoms with van der Waals surface area (Å²) in [6.07, 6.45) is 3.55. The summed E-state index contributed by atoms with van der Waals surface area (Å²) in [5.74, 6) is 0.764. The molecule has 0 aliphatic heterocycles. The molecule has 0 aromatic carbocycles. The topological polar surface area (TPSA) is 76.7 Å². The lowest BCUT2D eigenvalue weighted by Gasteiger charge is -2.01. The third-order valence-electron chi connectivity index (χ3n) is 1.90. The van der Waals surface area contributed by atoms with Crippen LogP contribution in [0.2, 0.25) is 0 Å². The van der Waals surface area contributed by atoms with Crippen LogP contribution in [0.25, 0.3) is 0 Å². The first-order valence-electron chi connectivity index (χ1n) is 4.79. The molecule has 0 spiro atoms. The monoisotopic (exact) mass is 237 g/mol. The van der Waals surface area contributed by atoms with E-state index in [1.54, 1.807) is 10.9 Å². The minimum Gasteiger partial charge on any atom is -0.394 e. The smallest absolute Gasteiger partial charge is 0.209 e. The van der Waals surface area contributed by atoms with Crippen LogP contribution >= 0.6 is 11.8 Å². The van der Waals surface area contributed by atoms with Gasteiger partial charge in [-0.05, 0) is 22.1 Å². The van der Waals surface area contributed by atoms with Crippen molar-refractivity contribution in [3.05, 3.63) is 30.1 Å². The molecule has 7 heteroatoms. The number of aromatic nitrogens is 5. The lowest BCUT2D eigenvalue weighted by Crippen LogP contribution is -2.05. The average Bonchev–Trinajstić information content (AvgIpc) is 2.76. The molecule has 16 heavy (non-hydrogen) atoms. The highest BCUT2D eigenvalue weighted by molar-refractivity contribution is 7.98. The van der Waals surface area contributed by atoms with E-state index in [1.807, 2.05) is 18.3 Å². The number of tetrazole rings is 1. The summed E-state index contributed by atoms with van der Waals surface area (Å²) in [6, 6.07) is 3.90. The number of hydrogen-bond acceptors (Lipinski definition) is 6. The molecule has 6 nitrogen and oxygen atoms in total. The van der Waals surface area contributed by atoms with Crippen molar-refractivity contribution < 1.29 is 5.11 Å². The van der Waals surface area contributed by atoms with Gasteiger partial charge in [-0.25, -0.2) is 4.68 Å². The summed E-state index contributed by atoms with van der Waals surface area (Å²) in [7, 11) is 0. The first-order chi connectivity index (χ1) is 7.90. The highest BCUT2D eigenvalue weighted by atomic mass is 32.2. The second kappa shape index (κ2) is 5.57. The van der Waals surface area contributed by atoms with Crippen molar-refractivity contribution in [2.24, 2.45) is 0 Å². The van der Waals surface area contributed by atoms with Crippen LogP contribution in [0.3, 0.4) is 0 Å². The van der Waals surface area contributed by atoms with Crippen LogP contribution in [0, 0.1) is 0 Å². The third kappa shape index (κ3) is 2.77. The predicted molar refractivity (Wildman–Crippen MR) is 58.7 cm³/mol. The number of pyridine rings is 1. The lowest BCUT2D eigenvalue weighted by molar-refractivity contribution is 0.262. The molecular weight excluding hydrogens is 226 g/mol. The van der Waals surface area contributed by atoms with Gasteiger partial charge < -0.3 is 5.11 Å². The van der Waals surface area contributed by atoms with E-state index >= 15 is 0 Å². The van der Waals surface area contributed by atoms with Gasteiger partial charge in [0, 0.05) is 18.1 Å². The molecule has 84 valence electrons. The van der Waals surface area contributed by atoms with Gasteiger partial charge in [-0.3, -0.25) is 4.98 Å². The molecule has 0 amide bonds. The zero-order chi connectivity index (χ0) is 11.2. The van der Waals surface area contributed by atoms with Crippen molar-refractivity contribution in [1.82, 2.24) is 25.2 Å². The number of nitrogens with zero attached hydrogens (tertiary/aromatic N) is 5. The Kier molecular flexibility index (Phi) is 3.84. The van der Waals surface area contributed by atoms with Crippen molar-refractivity contribution in [1.29, 1.82) is 0 Å². The van der Waals surface area contributed by atoms with E-state index in [-0.39, 0.29) is 6.61 Å². The average molecular weight is 237 g/mol. The molecular formula is C9H11N5OS. The SMILES string of the molecule is OCCn1nnnc1SCc1cccnc1. The molecule has 0 saturated heterocycles. The first-order valence-corrected chi connectivity index (χ1v) is 5.77. The standard InChI is InChI=1S/C9H11N5OS/c15-5-4-14-9(11-12-13-14)16-7-8-2-1-3-10-6-8/h1-3,6,15H,4-5,7H2. The lowest BCUT2D eigenvalue weighted by atomic mass is 10.3. The van der Waals surface area contributed by atoms with Crippen molar-refractivity contribution in [3.8, 4) is 0 Å². The second-order valence-electron chi connectivity index (χ2n) is 3.06. The van der Waals surface area contributed by atoms with E-state index in [1.165, 1.54) is 11.8 Å². The maximum Gasteiger partial charge on any atom is 0.209 e. The predicted octanol–water partition coefficient (Wildman–Crippen LogP) is 0.353. The van der Waals surface area contributed by atoms with Crippen molar-refractivity contribution in [2.45, 2.75) is 17.5 Å². The minimum atomic E-state index is 0.0332. The molecule has 0 unspecified atom stereocenters. The molecule has 0 saturated carbocycles. The van der Waals surface area contributed by atoms with Gasteiger partial charge in [0.05, 0.1) is 13.2 Å². The molecule has 2 aromatic heterocycles. The zero-order valence-corrected chi connectivity index (χ0v) is 9.34. The van der Waals surface area contributed by atoms with Gasteiger partial charge in [-0.15, -0.1) is 5.10 Å². The summed E-state index contributed by atoms with van der Waals surface area (Å²) in [4.78, 5) is 4.03. The molecule has 0 fully saturated rings. The number of aliphatic hydroxyl groups is 1. The van der Waals surface area contributed by atoms with Crippen LogP contribution in [0.4, 0.5) is 0 Å². The molecule has 2 heterocycles. The Balaban J connectivity index is 1.97. The van der Waals surface area contributed by atoms with Gasteiger partial charge in [-0.2, -0.15) is 0 Å². The Morgan fingerprint density at radius 3 is 3.12 bits per heavy atom. The van der Waals surface area contributed by atoms with E-state index in [0.717, 1.165) is 11.3 Å². The van der Waals surface area contributed by atoms with Gasteiger partial charge in [0.15, 0.2) is 0 Å². The molecule has 0 atom stereocenters. The summed E-state index contributed by atoms with van der Waals surface area (Å²) in [5, 5.41) is 20.7. The maximum atomic E-state index is 8.81. The minimum absolute atomic E-state index is 0.0332. The van der Waals surface area contributed by atoms with E-state index < -0.39 is 0 Å². The van der Waals surface area contributed by atoms with Gasteiger partial charge in [0.1, 0.15) is 0 Å². The van der Waals surface area contributed by atoms with E-state index in [9.17, 15) is 0 Å². The Morgan fingerprint density at radius 2 is 2.38 bits per heavy atom. The summed E-state index contributed by atoms with van der Waals surface area (Å²) in [5.41, 5.74) is 1.12. The number of thioether (sulfide) groups is 1. The zero-order valence-electron chi connectivity index (χ0n) is 8.52. The van der Waals surface area contributed by atoms with Crippen LogP contribution < -0.4 is 0 Å². The number of rotatable bonds is 5. The fraction of sp³-hybridized carbons (Fsp3) is 0.333. The van der Waals surface area contributed by atoms with Crippen molar-refractivity contribution in [2.75, 3.05) is 6.61 Å². The highest BCUT2D eigenvalue weighted by Gasteiger charge is 2.06. The molecule has 2 rings (SSSR count). The van der Waals surface area contributed by atoms with Crippen LogP contribution in [0.15, 0.2) is 29.7 Å². The summed E-state index contributed by atoms with van der Waals surface area (Å²) in [6.45, 7) is 0.452. The van der Waals surface area contributed by atoms with Crippen LogP contribution in [-0.4, -0.2) is 36.9 Å². The van der Waals surface area contributed by atoms with Crippen molar-refractivity contribution in [3.63, 3.8) is 0 Å². The summed E-state index contributed by atoms with van der Waals surface area (Å²) < 4.78 is 1.58. The molecule has 0 bridgehead atoms. The fourth-order valence-electron chi connectivity index (χ4n) is 1.17. The Bertz CT molecular complexity index is 432. The van der Waals surface area contributed by atoms with Gasteiger partial charge in [-0.1, -0.05) is 17.8 Å². The number of aliphatic hydroxyl groups excluding tert-OH is 1. The summed E-state index contributed by atoms with van der Waals surface area (Å²) >= 11 is 1.52. The van der Waals surface area contributed by atoms with E-state index in [4.69, 9.17) is 5.11 Å². The molecule has 0 radical (unpaired) electrons. The van der Waals surface area contributed by atoms with Crippen molar-refractivity contribution >= 4 is 11.8 Å². The first kappa shape index (κ1) is 11.0. The molecule has 2 aromatic rings. The second-order valence-corrected chi connectivity index (χ2v) is 4.00. The van der Waals surface area contributed by atoms with Crippen LogP contribution in [-0.2, 0) is 12.3 Å². The van der Waals surface area contributed by atoms with E-state index in [2.05, 4.69) is 20.5 Å². The quantitative estimate of drug-likeness (QED) is 0.756. The Morgan fingerprint density at radius 1 is 1.44 bits per heavy atom. The Hall–Kier alpha value is -1.47. The third-order valence-corrected chi connectivity index (χ3v) is 2.93. The molecule has 0 aliphatic rings. The molecule has 0 aliphatic carbocycles. The fourth-order valence-corrected chi connectivity index (χ4v) is 2.00. The van der Waals surface area contributed by atoms with Crippen LogP contribution in [0.5, 0.6) is 0 Å². The van der Waals surface area contributed by atoms with Gasteiger partial charge in [0.25, 0.3) is 0 Å². The van der Waals surface area contributed by atoms with E-state index in [0.29, 0.717) is 11.7 Å². The normalized spacial score (nSPS) is 10.6. The largest absolute Gasteiger partial charge is 0.394 e. The van der Waals surface area contributed by atoms with Crippen LogP contribution in [0.1, 0.15) is 5.56 Å². The van der Waals surface area contributed by atoms with Gasteiger partial charge in [0.2, 0.25) is 5.16 Å². The van der Waals surface area contributed by atoms with Gasteiger partial charge >= 0.3 is 0 Å². The number of hydrogen-bond donors (Lipinski definition) is 1.